The number of anilines is 1. The summed E-state index contributed by atoms with van der Waals surface area (Å²) in [6.07, 6.45) is 0. The van der Waals surface area contributed by atoms with Gasteiger partial charge in [-0.3, -0.25) is 4.79 Å². The van der Waals surface area contributed by atoms with Crippen LogP contribution >= 0.6 is 15.9 Å². The molecule has 1 aromatic carbocycles. The van der Waals surface area contributed by atoms with E-state index in [4.69, 9.17) is 10.7 Å². The number of nitrogens with one attached hydrogen (secondary N) is 1. The van der Waals surface area contributed by atoms with Gasteiger partial charge in [0.1, 0.15) is 5.82 Å². The topological polar surface area (TPSA) is 71.2 Å². The third-order valence-corrected chi connectivity index (χ3v) is 4.27. The van der Waals surface area contributed by atoms with E-state index >= 15 is 0 Å². The summed E-state index contributed by atoms with van der Waals surface area (Å²) in [4.78, 5) is 18.4. The lowest BCUT2D eigenvalue weighted by Gasteiger charge is -2.30. The highest BCUT2D eigenvalue weighted by Gasteiger charge is 2.22. The molecule has 1 aromatic heterocycles. The van der Waals surface area contributed by atoms with E-state index in [0.29, 0.717) is 13.1 Å². The Bertz CT molecular complexity index is 701. The van der Waals surface area contributed by atoms with Crippen molar-refractivity contribution in [2.75, 3.05) is 24.5 Å². The van der Waals surface area contributed by atoms with Gasteiger partial charge in [0.25, 0.3) is 0 Å². The highest BCUT2D eigenvalue weighted by molar-refractivity contribution is 9.10. The highest BCUT2D eigenvalue weighted by atomic mass is 79.9. The molecule has 110 valence electrons. The molecule has 1 aliphatic rings. The highest BCUT2D eigenvalue weighted by Crippen LogP contribution is 2.31. The van der Waals surface area contributed by atoms with Crippen molar-refractivity contribution < 1.29 is 4.79 Å². The van der Waals surface area contributed by atoms with Crippen molar-refractivity contribution in [1.82, 2.24) is 10.3 Å². The number of amides is 1. The Kier molecular flexibility index (Phi) is 3.82. The van der Waals surface area contributed by atoms with Crippen LogP contribution in [0.25, 0.3) is 10.9 Å². The molecule has 2 heterocycles. The fourth-order valence-electron chi connectivity index (χ4n) is 2.58. The maximum Gasteiger partial charge on any atom is 0.239 e. The molecule has 1 atom stereocenters. The molecule has 2 aromatic rings. The first-order valence-corrected chi connectivity index (χ1v) is 7.72. The van der Waals surface area contributed by atoms with Gasteiger partial charge in [-0.25, -0.2) is 4.98 Å². The third kappa shape index (κ3) is 2.73. The van der Waals surface area contributed by atoms with Crippen molar-refractivity contribution in [1.29, 1.82) is 0 Å². The van der Waals surface area contributed by atoms with E-state index in [1.54, 1.807) is 0 Å². The fourth-order valence-corrected chi connectivity index (χ4v) is 3.05. The molecular weight excluding hydrogens is 332 g/mol. The van der Waals surface area contributed by atoms with Gasteiger partial charge in [-0.2, -0.15) is 0 Å². The molecule has 5 nitrogen and oxygen atoms in total. The van der Waals surface area contributed by atoms with E-state index in [9.17, 15) is 4.79 Å². The molecule has 1 saturated heterocycles. The van der Waals surface area contributed by atoms with Crippen LogP contribution in [-0.4, -0.2) is 30.5 Å². The Balaban J connectivity index is 2.16. The number of rotatable bonds is 2. The molecule has 0 saturated carbocycles. The van der Waals surface area contributed by atoms with Crippen molar-refractivity contribution in [3.63, 3.8) is 0 Å². The van der Waals surface area contributed by atoms with Crippen LogP contribution in [0.4, 0.5) is 5.82 Å². The number of fused-ring (bicyclic) bond motifs is 1. The van der Waals surface area contributed by atoms with Gasteiger partial charge < -0.3 is 16.0 Å². The molecule has 0 aliphatic carbocycles. The summed E-state index contributed by atoms with van der Waals surface area (Å²) >= 11 is 3.54. The number of hydrogen-bond acceptors (Lipinski definition) is 4. The predicted octanol–water partition coefficient (Wildman–Crippen LogP) is 1.95. The number of nitrogens with zero attached hydrogens (tertiary/aromatic N) is 2. The third-order valence-electron chi connectivity index (χ3n) is 3.63. The zero-order chi connectivity index (χ0) is 15.0. The minimum Gasteiger partial charge on any atom is -0.353 e. The largest absolute Gasteiger partial charge is 0.353 e. The van der Waals surface area contributed by atoms with Gasteiger partial charge >= 0.3 is 0 Å². The molecule has 3 N–H and O–H groups in total. The second-order valence-electron chi connectivity index (χ2n) is 5.27. The number of benzene rings is 1. The molecule has 1 fully saturated rings. The van der Waals surface area contributed by atoms with Gasteiger partial charge in [-0.05, 0) is 35.0 Å². The standard InChI is InChI=1S/C15H17BrN4O/c1-9(17)11-7-10-3-2-4-12(16)14(10)19-15(11)20-6-5-18-13(21)8-20/h2-4,7,9H,5-6,8,17H2,1H3,(H,18,21)/t9-/m0/s1. The summed E-state index contributed by atoms with van der Waals surface area (Å²) in [5, 5.41) is 3.87. The summed E-state index contributed by atoms with van der Waals surface area (Å²) in [5.41, 5.74) is 7.97. The van der Waals surface area contributed by atoms with E-state index in [2.05, 4.69) is 27.3 Å². The van der Waals surface area contributed by atoms with Crippen molar-refractivity contribution >= 4 is 38.6 Å². The number of halogens is 1. The molecule has 1 aliphatic heterocycles. The summed E-state index contributed by atoms with van der Waals surface area (Å²) in [6, 6.07) is 7.90. The number of carbonyl (C=O) groups is 1. The molecule has 21 heavy (non-hydrogen) atoms. The molecule has 0 bridgehead atoms. The monoisotopic (exact) mass is 348 g/mol. The van der Waals surface area contributed by atoms with Crippen LogP contribution in [0, 0.1) is 0 Å². The average Bonchev–Trinajstić information content (AvgIpc) is 2.46. The lowest BCUT2D eigenvalue weighted by molar-refractivity contribution is -0.120. The number of para-hydroxylation sites is 1. The molecule has 6 heteroatoms. The first-order valence-electron chi connectivity index (χ1n) is 6.92. The van der Waals surface area contributed by atoms with Gasteiger partial charge in [0, 0.05) is 34.6 Å². The Labute approximate surface area is 131 Å². The van der Waals surface area contributed by atoms with E-state index < -0.39 is 0 Å². The quantitative estimate of drug-likeness (QED) is 0.870. The van der Waals surface area contributed by atoms with Gasteiger partial charge in [0.05, 0.1) is 12.1 Å². The van der Waals surface area contributed by atoms with Crippen LogP contribution in [-0.2, 0) is 4.79 Å². The van der Waals surface area contributed by atoms with E-state index in [1.807, 2.05) is 30.0 Å². The zero-order valence-electron chi connectivity index (χ0n) is 11.8. The van der Waals surface area contributed by atoms with Crippen LogP contribution in [0.15, 0.2) is 28.7 Å². The molecule has 0 spiro atoms. The zero-order valence-corrected chi connectivity index (χ0v) is 13.4. The van der Waals surface area contributed by atoms with Gasteiger partial charge in [0.15, 0.2) is 0 Å². The SMILES string of the molecule is C[C@H](N)c1cc2cccc(Br)c2nc1N1CCNC(=O)C1. The van der Waals surface area contributed by atoms with Crippen molar-refractivity contribution in [3.05, 3.63) is 34.3 Å². The fraction of sp³-hybridized carbons (Fsp3) is 0.333. The maximum absolute atomic E-state index is 11.6. The number of pyridine rings is 1. The van der Waals surface area contributed by atoms with Crippen molar-refractivity contribution in [2.24, 2.45) is 5.73 Å². The van der Waals surface area contributed by atoms with Crippen LogP contribution in [0.3, 0.4) is 0 Å². The lowest BCUT2D eigenvalue weighted by atomic mass is 10.1. The second kappa shape index (κ2) is 5.61. The predicted molar refractivity (Wildman–Crippen MR) is 87.3 cm³/mol. The molecule has 0 unspecified atom stereocenters. The summed E-state index contributed by atoms with van der Waals surface area (Å²) in [5.74, 6) is 0.824. The minimum atomic E-state index is -0.138. The number of piperazine rings is 1. The smallest absolute Gasteiger partial charge is 0.239 e. The first-order chi connectivity index (χ1) is 10.1. The number of carbonyl (C=O) groups excluding carboxylic acids is 1. The molecule has 3 rings (SSSR count). The Morgan fingerprint density at radius 2 is 2.29 bits per heavy atom. The van der Waals surface area contributed by atoms with E-state index in [0.717, 1.165) is 33.3 Å². The summed E-state index contributed by atoms with van der Waals surface area (Å²) in [6.45, 7) is 3.64. The Morgan fingerprint density at radius 1 is 1.48 bits per heavy atom. The van der Waals surface area contributed by atoms with Gasteiger partial charge in [0.2, 0.25) is 5.91 Å². The first kappa shape index (κ1) is 14.3. The summed E-state index contributed by atoms with van der Waals surface area (Å²) in [7, 11) is 0. The summed E-state index contributed by atoms with van der Waals surface area (Å²) < 4.78 is 0.943. The van der Waals surface area contributed by atoms with Crippen LogP contribution in [0.2, 0.25) is 0 Å². The molecule has 0 radical (unpaired) electrons. The lowest BCUT2D eigenvalue weighted by Crippen LogP contribution is -2.48. The maximum atomic E-state index is 11.6. The number of aromatic nitrogens is 1. The molecule has 1 amide bonds. The van der Waals surface area contributed by atoms with Crippen molar-refractivity contribution in [3.8, 4) is 0 Å². The van der Waals surface area contributed by atoms with Crippen LogP contribution in [0.5, 0.6) is 0 Å². The molecular formula is C15H17BrN4O. The van der Waals surface area contributed by atoms with Crippen LogP contribution in [0.1, 0.15) is 18.5 Å². The number of nitrogens with two attached hydrogens (primary N) is 1. The second-order valence-corrected chi connectivity index (χ2v) is 6.13. The van der Waals surface area contributed by atoms with E-state index in [-0.39, 0.29) is 11.9 Å². The number of hydrogen-bond donors (Lipinski definition) is 2. The van der Waals surface area contributed by atoms with E-state index in [1.165, 1.54) is 0 Å². The Morgan fingerprint density at radius 3 is 3.00 bits per heavy atom. The van der Waals surface area contributed by atoms with Crippen molar-refractivity contribution in [2.45, 2.75) is 13.0 Å². The van der Waals surface area contributed by atoms with Crippen LogP contribution < -0.4 is 16.0 Å². The minimum absolute atomic E-state index is 0.0194. The van der Waals surface area contributed by atoms with Gasteiger partial charge in [-0.1, -0.05) is 12.1 Å². The normalized spacial score (nSPS) is 16.9. The van der Waals surface area contributed by atoms with Gasteiger partial charge in [-0.15, -0.1) is 0 Å². The Hall–Kier alpha value is -1.66. The average molecular weight is 349 g/mol.